The first kappa shape index (κ1) is 13.3. The Kier molecular flexibility index (Phi) is 3.09. The molecule has 2 aromatic rings. The summed E-state index contributed by atoms with van der Waals surface area (Å²) in [4.78, 5) is 18.7. The number of aliphatic hydroxyl groups excluding tert-OH is 3. The molecule has 0 aliphatic carbocycles. The molecule has 0 radical (unpaired) electrons. The number of H-pyrrole nitrogens is 1. The molecule has 0 amide bonds. The quantitative estimate of drug-likeness (QED) is 0.540. The summed E-state index contributed by atoms with van der Waals surface area (Å²) in [6, 6.07) is 0. The molecule has 8 nitrogen and oxygen atoms in total. The van der Waals surface area contributed by atoms with Crippen LogP contribution in [0.1, 0.15) is 11.8 Å². The number of aromatic amines is 1. The van der Waals surface area contributed by atoms with Crippen molar-refractivity contribution in [2.45, 2.75) is 31.5 Å². The summed E-state index contributed by atoms with van der Waals surface area (Å²) in [5, 5.41) is 29.5. The van der Waals surface area contributed by atoms with Gasteiger partial charge in [-0.25, -0.2) is 4.79 Å². The molecule has 1 fully saturated rings. The number of hydrogen-bond donors (Lipinski definition) is 4. The van der Waals surface area contributed by atoms with E-state index >= 15 is 0 Å². The van der Waals surface area contributed by atoms with Crippen molar-refractivity contribution in [3.05, 3.63) is 28.4 Å². The minimum Gasteiger partial charge on any atom is -0.394 e. The second-order valence-electron chi connectivity index (χ2n) is 4.89. The van der Waals surface area contributed by atoms with Crippen LogP contribution in [0.3, 0.4) is 0 Å². The van der Waals surface area contributed by atoms with Crippen molar-refractivity contribution in [2.75, 3.05) is 6.61 Å². The Morgan fingerprint density at radius 3 is 2.85 bits per heavy atom. The molecule has 0 bridgehead atoms. The maximum Gasteiger partial charge on any atom is 0.351 e. The Labute approximate surface area is 113 Å². The predicted molar refractivity (Wildman–Crippen MR) is 68.1 cm³/mol. The highest BCUT2D eigenvalue weighted by molar-refractivity contribution is 5.78. The molecule has 3 rings (SSSR count). The van der Waals surface area contributed by atoms with E-state index in [1.165, 1.54) is 6.20 Å². The number of ether oxygens (including phenoxy) is 1. The molecular weight excluding hydrogens is 266 g/mol. The topological polar surface area (TPSA) is 121 Å². The number of aromatic nitrogens is 3. The first-order chi connectivity index (χ1) is 9.52. The van der Waals surface area contributed by atoms with Crippen LogP contribution in [-0.2, 0) is 4.74 Å². The van der Waals surface area contributed by atoms with Gasteiger partial charge in [0, 0.05) is 17.8 Å². The molecule has 4 atom stereocenters. The lowest BCUT2D eigenvalue weighted by Gasteiger charge is -2.17. The SMILES string of the molecule is Cc1c[nH]c2nc(=O)n(C3OC(CO)C(O)C3O)cc12. The summed E-state index contributed by atoms with van der Waals surface area (Å²) in [6.45, 7) is 1.41. The zero-order valence-corrected chi connectivity index (χ0v) is 10.7. The molecule has 3 heterocycles. The van der Waals surface area contributed by atoms with E-state index in [1.54, 1.807) is 6.20 Å². The van der Waals surface area contributed by atoms with Gasteiger partial charge in [0.1, 0.15) is 24.0 Å². The minimum atomic E-state index is -1.30. The molecule has 20 heavy (non-hydrogen) atoms. The van der Waals surface area contributed by atoms with Gasteiger partial charge < -0.3 is 25.0 Å². The molecular formula is C12H15N3O5. The lowest BCUT2D eigenvalue weighted by atomic mass is 10.1. The van der Waals surface area contributed by atoms with E-state index < -0.39 is 36.8 Å². The second kappa shape index (κ2) is 4.67. The average Bonchev–Trinajstić information content (AvgIpc) is 2.92. The van der Waals surface area contributed by atoms with Crippen LogP contribution in [0.4, 0.5) is 0 Å². The molecule has 2 aromatic heterocycles. The Morgan fingerprint density at radius 1 is 1.45 bits per heavy atom. The number of rotatable bonds is 2. The van der Waals surface area contributed by atoms with Crippen LogP contribution in [0, 0.1) is 6.92 Å². The minimum absolute atomic E-state index is 0.442. The fourth-order valence-corrected chi connectivity index (χ4v) is 2.41. The van der Waals surface area contributed by atoms with Gasteiger partial charge in [-0.2, -0.15) is 4.98 Å². The van der Waals surface area contributed by atoms with Crippen LogP contribution in [0.25, 0.3) is 11.0 Å². The van der Waals surface area contributed by atoms with Crippen LogP contribution >= 0.6 is 0 Å². The van der Waals surface area contributed by atoms with Crippen LogP contribution in [0.5, 0.6) is 0 Å². The fraction of sp³-hybridized carbons (Fsp3) is 0.500. The maximum absolute atomic E-state index is 12.0. The standard InChI is InChI=1S/C12H15N3O5/c1-5-2-13-10-6(5)3-15(12(19)14-10)11-9(18)8(17)7(4-16)20-11/h2-3,7-9,11,16-18H,4H2,1H3,(H,13,14,19). The van der Waals surface area contributed by atoms with Crippen molar-refractivity contribution in [3.63, 3.8) is 0 Å². The number of fused-ring (bicyclic) bond motifs is 1. The third kappa shape index (κ3) is 1.85. The van der Waals surface area contributed by atoms with Gasteiger partial charge in [0.25, 0.3) is 0 Å². The summed E-state index contributed by atoms with van der Waals surface area (Å²) >= 11 is 0. The largest absolute Gasteiger partial charge is 0.394 e. The third-order valence-electron chi connectivity index (χ3n) is 3.59. The molecule has 1 saturated heterocycles. The molecule has 0 spiro atoms. The molecule has 1 aliphatic rings. The van der Waals surface area contributed by atoms with E-state index in [2.05, 4.69) is 9.97 Å². The molecule has 108 valence electrons. The zero-order chi connectivity index (χ0) is 14.4. The van der Waals surface area contributed by atoms with Gasteiger partial charge >= 0.3 is 5.69 Å². The first-order valence-corrected chi connectivity index (χ1v) is 6.22. The fourth-order valence-electron chi connectivity index (χ4n) is 2.41. The monoisotopic (exact) mass is 281 g/mol. The van der Waals surface area contributed by atoms with Gasteiger partial charge in [-0.3, -0.25) is 4.57 Å². The lowest BCUT2D eigenvalue weighted by Crippen LogP contribution is -2.35. The number of aryl methyl sites for hydroxylation is 1. The first-order valence-electron chi connectivity index (χ1n) is 6.22. The van der Waals surface area contributed by atoms with E-state index in [-0.39, 0.29) is 0 Å². The Balaban J connectivity index is 2.08. The molecule has 1 aliphatic heterocycles. The highest BCUT2D eigenvalue weighted by atomic mass is 16.6. The van der Waals surface area contributed by atoms with Crippen molar-refractivity contribution < 1.29 is 20.1 Å². The highest BCUT2D eigenvalue weighted by Gasteiger charge is 2.43. The van der Waals surface area contributed by atoms with Gasteiger partial charge in [-0.1, -0.05) is 0 Å². The number of nitrogens with one attached hydrogen (secondary N) is 1. The molecule has 4 N–H and O–H groups in total. The smallest absolute Gasteiger partial charge is 0.351 e. The summed E-state index contributed by atoms with van der Waals surface area (Å²) in [6.07, 6.45) is -1.30. The molecule has 0 aromatic carbocycles. The van der Waals surface area contributed by atoms with Crippen molar-refractivity contribution in [1.82, 2.24) is 14.5 Å². The van der Waals surface area contributed by atoms with E-state index in [4.69, 9.17) is 9.84 Å². The average molecular weight is 281 g/mol. The highest BCUT2D eigenvalue weighted by Crippen LogP contribution is 2.28. The molecule has 0 saturated carbocycles. The van der Waals surface area contributed by atoms with Gasteiger partial charge in [-0.05, 0) is 12.5 Å². The number of nitrogens with zero attached hydrogens (tertiary/aromatic N) is 2. The van der Waals surface area contributed by atoms with Gasteiger partial charge in [0.05, 0.1) is 6.61 Å². The van der Waals surface area contributed by atoms with Crippen LogP contribution in [0.15, 0.2) is 17.2 Å². The summed E-state index contributed by atoms with van der Waals surface area (Å²) in [5.41, 5.74) is 0.748. The predicted octanol–water partition coefficient (Wildman–Crippen LogP) is -1.36. The van der Waals surface area contributed by atoms with Crippen molar-refractivity contribution >= 4 is 11.0 Å². The van der Waals surface area contributed by atoms with Crippen LogP contribution in [-0.4, -0.2) is 54.8 Å². The number of hydrogen-bond acceptors (Lipinski definition) is 6. The van der Waals surface area contributed by atoms with Gasteiger partial charge in [0.15, 0.2) is 6.23 Å². The van der Waals surface area contributed by atoms with Crippen molar-refractivity contribution in [3.8, 4) is 0 Å². The normalized spacial score (nSPS) is 30.2. The van der Waals surface area contributed by atoms with Crippen molar-refractivity contribution in [2.24, 2.45) is 0 Å². The Hall–Kier alpha value is -1.74. The summed E-state index contributed by atoms with van der Waals surface area (Å²) < 4.78 is 6.46. The molecule has 4 unspecified atom stereocenters. The van der Waals surface area contributed by atoms with Gasteiger partial charge in [0.2, 0.25) is 0 Å². The summed E-state index contributed by atoms with van der Waals surface area (Å²) in [5.74, 6) is 0. The van der Waals surface area contributed by atoms with E-state index in [9.17, 15) is 15.0 Å². The second-order valence-corrected chi connectivity index (χ2v) is 4.89. The zero-order valence-electron chi connectivity index (χ0n) is 10.7. The maximum atomic E-state index is 12.0. The van der Waals surface area contributed by atoms with E-state index in [0.29, 0.717) is 5.65 Å². The van der Waals surface area contributed by atoms with E-state index in [0.717, 1.165) is 15.5 Å². The van der Waals surface area contributed by atoms with Crippen LogP contribution in [0.2, 0.25) is 0 Å². The number of aliphatic hydroxyl groups is 3. The lowest BCUT2D eigenvalue weighted by molar-refractivity contribution is -0.0547. The molecule has 8 heteroatoms. The van der Waals surface area contributed by atoms with Gasteiger partial charge in [-0.15, -0.1) is 0 Å². The Bertz CT molecular complexity index is 694. The summed E-state index contributed by atoms with van der Waals surface area (Å²) in [7, 11) is 0. The Morgan fingerprint density at radius 2 is 2.20 bits per heavy atom. The van der Waals surface area contributed by atoms with E-state index in [1.807, 2.05) is 6.92 Å². The third-order valence-corrected chi connectivity index (χ3v) is 3.59. The van der Waals surface area contributed by atoms with Crippen molar-refractivity contribution in [1.29, 1.82) is 0 Å². The van der Waals surface area contributed by atoms with Crippen LogP contribution < -0.4 is 5.69 Å².